The van der Waals surface area contributed by atoms with Crippen molar-refractivity contribution in [3.8, 4) is 0 Å². The van der Waals surface area contributed by atoms with Gasteiger partial charge in [0.15, 0.2) is 0 Å². The van der Waals surface area contributed by atoms with Crippen LogP contribution in [-0.4, -0.2) is 45.2 Å². The molecule has 2 fully saturated rings. The van der Waals surface area contributed by atoms with Crippen LogP contribution >= 0.6 is 0 Å². The summed E-state index contributed by atoms with van der Waals surface area (Å²) in [5, 5.41) is 35.9. The highest BCUT2D eigenvalue weighted by molar-refractivity contribution is 5.73. The molecule has 148 valence electrons. The first-order valence-corrected chi connectivity index (χ1v) is 9.71. The zero-order valence-electron chi connectivity index (χ0n) is 16.4. The van der Waals surface area contributed by atoms with Gasteiger partial charge in [-0.2, -0.15) is 0 Å². The summed E-state index contributed by atoms with van der Waals surface area (Å²) >= 11 is 0. The number of aliphatic hydroxyl groups is 3. The Bertz CT molecular complexity index is 378. The van der Waals surface area contributed by atoms with Gasteiger partial charge in [0.05, 0.1) is 24.2 Å². The van der Waals surface area contributed by atoms with Crippen molar-refractivity contribution in [2.24, 2.45) is 22.7 Å². The molecule has 0 spiro atoms. The first-order chi connectivity index (χ1) is 11.5. The van der Waals surface area contributed by atoms with Crippen molar-refractivity contribution in [2.45, 2.75) is 91.3 Å². The van der Waals surface area contributed by atoms with Crippen LogP contribution in [0.5, 0.6) is 0 Å². The number of aliphatic carboxylic acids is 1. The Morgan fingerprint density at radius 2 is 1.12 bits per heavy atom. The van der Waals surface area contributed by atoms with E-state index in [1.54, 1.807) is 0 Å². The molecule has 4 N–H and O–H groups in total. The van der Waals surface area contributed by atoms with E-state index in [0.717, 1.165) is 37.5 Å². The Morgan fingerprint density at radius 3 is 1.32 bits per heavy atom. The maximum atomic E-state index is 10.1. The third-order valence-electron chi connectivity index (χ3n) is 6.47. The van der Waals surface area contributed by atoms with Crippen molar-refractivity contribution in [3.63, 3.8) is 0 Å². The summed E-state index contributed by atoms with van der Waals surface area (Å²) in [7, 11) is 0. The molecule has 0 aromatic heterocycles. The molecule has 0 bridgehead atoms. The van der Waals surface area contributed by atoms with Gasteiger partial charge in [0.1, 0.15) is 0 Å². The average Bonchev–Trinajstić information content (AvgIpc) is 2.56. The minimum absolute atomic E-state index is 0.0461. The van der Waals surface area contributed by atoms with Crippen molar-refractivity contribution in [2.75, 3.05) is 6.61 Å². The van der Waals surface area contributed by atoms with Crippen LogP contribution in [0, 0.1) is 22.7 Å². The monoisotopic (exact) mass is 358 g/mol. The molecule has 5 nitrogen and oxygen atoms in total. The quantitative estimate of drug-likeness (QED) is 0.619. The summed E-state index contributed by atoms with van der Waals surface area (Å²) in [6.07, 6.45) is 8.62. The van der Waals surface area contributed by atoms with Crippen LogP contribution in [0.3, 0.4) is 0 Å². The second kappa shape index (κ2) is 9.33. The first-order valence-electron chi connectivity index (χ1n) is 9.71. The summed E-state index contributed by atoms with van der Waals surface area (Å²) in [6, 6.07) is 0. The molecule has 0 aliphatic heterocycles. The third kappa shape index (κ3) is 6.54. The van der Waals surface area contributed by atoms with E-state index in [0.29, 0.717) is 5.41 Å². The second-order valence-corrected chi connectivity index (χ2v) is 9.18. The second-order valence-electron chi connectivity index (χ2n) is 9.18. The van der Waals surface area contributed by atoms with Gasteiger partial charge in [-0.05, 0) is 82.5 Å². The highest BCUT2D eigenvalue weighted by Gasteiger charge is 2.39. The first kappa shape index (κ1) is 22.4. The van der Waals surface area contributed by atoms with E-state index >= 15 is 0 Å². The number of hydrogen-bond donors (Lipinski definition) is 4. The zero-order valence-corrected chi connectivity index (χ0v) is 16.4. The zero-order chi connectivity index (χ0) is 19.3. The normalized spacial score (nSPS) is 31.0. The number of rotatable bonds is 4. The van der Waals surface area contributed by atoms with E-state index < -0.39 is 11.4 Å². The van der Waals surface area contributed by atoms with Crippen molar-refractivity contribution < 1.29 is 25.2 Å². The van der Waals surface area contributed by atoms with E-state index in [4.69, 9.17) is 10.2 Å². The maximum absolute atomic E-state index is 10.1. The van der Waals surface area contributed by atoms with Crippen molar-refractivity contribution in [1.29, 1.82) is 0 Å². The van der Waals surface area contributed by atoms with Crippen molar-refractivity contribution in [1.82, 2.24) is 0 Å². The fraction of sp³-hybridized carbons (Fsp3) is 0.950. The molecule has 5 heteroatoms. The van der Waals surface area contributed by atoms with Crippen LogP contribution in [0.1, 0.15) is 79.1 Å². The number of aliphatic hydroxyl groups excluding tert-OH is 3. The minimum Gasteiger partial charge on any atom is -0.481 e. The molecule has 0 aromatic carbocycles. The molecule has 0 heterocycles. The summed E-state index contributed by atoms with van der Waals surface area (Å²) in [5.74, 6) is 0.567. The molecule has 2 aliphatic carbocycles. The minimum atomic E-state index is -0.986. The predicted molar refractivity (Wildman–Crippen MR) is 98.2 cm³/mol. The lowest BCUT2D eigenvalue weighted by molar-refractivity contribution is -0.148. The molecular weight excluding hydrogens is 320 g/mol. The topological polar surface area (TPSA) is 98.0 Å². The molecule has 0 radical (unpaired) electrons. The molecule has 0 saturated heterocycles. The Hall–Kier alpha value is -0.650. The Balaban J connectivity index is 0.000000333. The molecule has 0 aromatic rings. The number of carboxylic acids is 1. The largest absolute Gasteiger partial charge is 0.481 e. The maximum Gasteiger partial charge on any atom is 0.311 e. The Labute approximate surface area is 152 Å². The average molecular weight is 359 g/mol. The number of carboxylic acid groups (broad SMARTS) is 1. The van der Waals surface area contributed by atoms with Gasteiger partial charge in [-0.3, -0.25) is 4.79 Å². The fourth-order valence-electron chi connectivity index (χ4n) is 4.04. The van der Waals surface area contributed by atoms with Crippen LogP contribution in [0.25, 0.3) is 0 Å². The molecule has 2 saturated carbocycles. The molecule has 0 unspecified atom stereocenters. The van der Waals surface area contributed by atoms with Gasteiger partial charge in [-0.15, -0.1) is 0 Å². The van der Waals surface area contributed by atoms with Crippen LogP contribution in [0.15, 0.2) is 0 Å². The summed E-state index contributed by atoms with van der Waals surface area (Å²) in [5.41, 5.74) is -0.597. The van der Waals surface area contributed by atoms with Gasteiger partial charge in [0.2, 0.25) is 0 Å². The van der Waals surface area contributed by atoms with E-state index in [2.05, 4.69) is 13.8 Å². The van der Waals surface area contributed by atoms with E-state index in [-0.39, 0.29) is 18.8 Å². The van der Waals surface area contributed by atoms with Gasteiger partial charge in [-0.1, -0.05) is 13.8 Å². The summed E-state index contributed by atoms with van der Waals surface area (Å²) in [6.45, 7) is 7.45. The molecular formula is C20H38O5. The lowest BCUT2D eigenvalue weighted by Gasteiger charge is -2.46. The Kier molecular flexibility index (Phi) is 8.36. The lowest BCUT2D eigenvalue weighted by Crippen LogP contribution is -2.38. The van der Waals surface area contributed by atoms with Crippen LogP contribution in [0.4, 0.5) is 0 Å². The lowest BCUT2D eigenvalue weighted by atomic mass is 9.60. The van der Waals surface area contributed by atoms with Gasteiger partial charge < -0.3 is 20.4 Å². The number of carbonyl (C=O) groups is 1. The summed E-state index contributed by atoms with van der Waals surface area (Å²) in [4.78, 5) is 10.1. The van der Waals surface area contributed by atoms with Gasteiger partial charge in [-0.25, -0.2) is 0 Å². The van der Waals surface area contributed by atoms with Crippen LogP contribution in [-0.2, 0) is 4.79 Å². The smallest absolute Gasteiger partial charge is 0.311 e. The van der Waals surface area contributed by atoms with E-state index in [9.17, 15) is 15.0 Å². The van der Waals surface area contributed by atoms with Gasteiger partial charge >= 0.3 is 5.97 Å². The Morgan fingerprint density at radius 1 is 0.800 bits per heavy atom. The molecule has 2 aliphatic rings. The van der Waals surface area contributed by atoms with Crippen molar-refractivity contribution >= 4 is 5.97 Å². The van der Waals surface area contributed by atoms with Crippen LogP contribution < -0.4 is 0 Å². The SMILES string of the molecule is CC(C)(C1CCC(O)CC1)C1CCC(O)CC1.CC(C)(CO)C(=O)O. The van der Waals surface area contributed by atoms with Gasteiger partial charge in [0.25, 0.3) is 0 Å². The highest BCUT2D eigenvalue weighted by Crippen LogP contribution is 2.48. The van der Waals surface area contributed by atoms with Gasteiger partial charge in [0, 0.05) is 0 Å². The fourth-order valence-corrected chi connectivity index (χ4v) is 4.04. The molecule has 2 rings (SSSR count). The highest BCUT2D eigenvalue weighted by atomic mass is 16.4. The third-order valence-corrected chi connectivity index (χ3v) is 6.47. The van der Waals surface area contributed by atoms with Crippen LogP contribution in [0.2, 0.25) is 0 Å². The van der Waals surface area contributed by atoms with E-state index in [1.165, 1.54) is 39.5 Å². The summed E-state index contributed by atoms with van der Waals surface area (Å²) < 4.78 is 0. The van der Waals surface area contributed by atoms with E-state index in [1.807, 2.05) is 0 Å². The van der Waals surface area contributed by atoms with Crippen molar-refractivity contribution in [3.05, 3.63) is 0 Å². The molecule has 0 amide bonds. The molecule has 25 heavy (non-hydrogen) atoms. The molecule has 0 atom stereocenters. The predicted octanol–water partition coefficient (Wildman–Crippen LogP) is 3.20. The number of hydrogen-bond acceptors (Lipinski definition) is 4. The standard InChI is InChI=1S/C15H28O2.C5H10O3/c1-15(2,11-3-7-13(16)8-4-11)12-5-9-14(17)10-6-12;1-5(2,3-6)4(7)8/h11-14,16-17H,3-10H2,1-2H3;6H,3H2,1-2H3,(H,7,8).